The van der Waals surface area contributed by atoms with Gasteiger partial charge in [0.25, 0.3) is 0 Å². The van der Waals surface area contributed by atoms with Crippen molar-refractivity contribution in [2.75, 3.05) is 5.32 Å². The molecule has 0 bridgehead atoms. The molecule has 1 rings (SSSR count). The molecule has 0 aliphatic rings. The third-order valence-corrected chi connectivity index (χ3v) is 1.68. The van der Waals surface area contributed by atoms with Crippen LogP contribution in [0.3, 0.4) is 0 Å². The molecule has 16 heavy (non-hydrogen) atoms. The quantitative estimate of drug-likeness (QED) is 0.639. The second-order valence-electron chi connectivity index (χ2n) is 3.18. The van der Waals surface area contributed by atoms with E-state index in [1.54, 1.807) is 0 Å². The summed E-state index contributed by atoms with van der Waals surface area (Å²) in [5.74, 6) is -5.51. The highest BCUT2D eigenvalue weighted by Gasteiger charge is 2.12. The van der Waals surface area contributed by atoms with Crippen LogP contribution in [-0.4, -0.2) is 11.7 Å². The average molecular weight is 231 g/mol. The number of amides is 1. The average Bonchev–Trinajstić information content (AvgIpc) is 2.12. The lowest BCUT2D eigenvalue weighted by Crippen LogP contribution is -2.15. The summed E-state index contributed by atoms with van der Waals surface area (Å²) >= 11 is 0. The highest BCUT2D eigenvalue weighted by Crippen LogP contribution is 2.17. The lowest BCUT2D eigenvalue weighted by Gasteiger charge is -2.04. The first-order valence-electron chi connectivity index (χ1n) is 4.34. The topological polar surface area (TPSA) is 46.2 Å². The predicted molar refractivity (Wildman–Crippen MR) is 50.2 cm³/mol. The van der Waals surface area contributed by atoms with Crippen LogP contribution in [0.15, 0.2) is 12.1 Å². The number of carbonyl (C=O) groups is 2. The van der Waals surface area contributed by atoms with Crippen molar-refractivity contribution in [3.8, 4) is 0 Å². The first kappa shape index (κ1) is 12.2. The summed E-state index contributed by atoms with van der Waals surface area (Å²) in [4.78, 5) is 21.6. The Morgan fingerprint density at radius 1 is 1.19 bits per heavy atom. The molecule has 1 aromatic rings. The van der Waals surface area contributed by atoms with E-state index in [4.69, 9.17) is 0 Å². The van der Waals surface area contributed by atoms with Crippen LogP contribution in [0, 0.1) is 17.5 Å². The molecule has 1 N–H and O–H groups in total. The first-order valence-corrected chi connectivity index (χ1v) is 4.34. The van der Waals surface area contributed by atoms with E-state index in [9.17, 15) is 22.8 Å². The van der Waals surface area contributed by atoms with Crippen LogP contribution in [-0.2, 0) is 9.59 Å². The molecule has 0 saturated heterocycles. The fourth-order valence-corrected chi connectivity index (χ4v) is 1.06. The Bertz CT molecular complexity index is 423. The SMILES string of the molecule is CC(=O)CC(=O)Nc1cc(F)c(F)c(F)c1. The van der Waals surface area contributed by atoms with Gasteiger partial charge in [-0.25, -0.2) is 13.2 Å². The number of carbonyl (C=O) groups excluding carboxylic acids is 2. The molecule has 86 valence electrons. The molecule has 1 aromatic carbocycles. The standard InChI is InChI=1S/C10H8F3NO2/c1-5(15)2-9(16)14-6-3-7(11)10(13)8(12)4-6/h3-4H,2H2,1H3,(H,14,16). The summed E-state index contributed by atoms with van der Waals surface area (Å²) in [6.07, 6.45) is -0.402. The molecule has 0 aliphatic heterocycles. The monoisotopic (exact) mass is 231 g/mol. The summed E-state index contributed by atoms with van der Waals surface area (Å²) < 4.78 is 38.0. The fourth-order valence-electron chi connectivity index (χ4n) is 1.06. The molecule has 0 saturated carbocycles. The van der Waals surface area contributed by atoms with Crippen molar-refractivity contribution in [1.82, 2.24) is 0 Å². The van der Waals surface area contributed by atoms with E-state index in [2.05, 4.69) is 5.32 Å². The molecule has 0 radical (unpaired) electrons. The maximum Gasteiger partial charge on any atom is 0.231 e. The molecule has 3 nitrogen and oxygen atoms in total. The lowest BCUT2D eigenvalue weighted by atomic mass is 10.2. The van der Waals surface area contributed by atoms with Crippen molar-refractivity contribution in [2.45, 2.75) is 13.3 Å². The van der Waals surface area contributed by atoms with Gasteiger partial charge in [-0.2, -0.15) is 0 Å². The van der Waals surface area contributed by atoms with Gasteiger partial charge in [-0.05, 0) is 6.92 Å². The second kappa shape index (κ2) is 4.78. The van der Waals surface area contributed by atoms with Gasteiger partial charge in [0.15, 0.2) is 17.5 Å². The largest absolute Gasteiger partial charge is 0.325 e. The number of nitrogens with one attached hydrogen (secondary N) is 1. The van der Waals surface area contributed by atoms with Gasteiger partial charge in [0, 0.05) is 17.8 Å². The number of halogens is 3. The molecule has 0 atom stereocenters. The van der Waals surface area contributed by atoms with Gasteiger partial charge >= 0.3 is 0 Å². The Kier molecular flexibility index (Phi) is 3.65. The van der Waals surface area contributed by atoms with Crippen LogP contribution in [0.1, 0.15) is 13.3 Å². The maximum atomic E-state index is 12.7. The van der Waals surface area contributed by atoms with Crippen molar-refractivity contribution in [3.63, 3.8) is 0 Å². The third-order valence-electron chi connectivity index (χ3n) is 1.68. The first-order chi connectivity index (χ1) is 7.40. The predicted octanol–water partition coefficient (Wildman–Crippen LogP) is 2.02. The Labute approximate surface area is 89.3 Å². The summed E-state index contributed by atoms with van der Waals surface area (Å²) in [6.45, 7) is 1.20. The van der Waals surface area contributed by atoms with Crippen molar-refractivity contribution in [1.29, 1.82) is 0 Å². The summed E-state index contributed by atoms with van der Waals surface area (Å²) in [7, 11) is 0. The Balaban J connectivity index is 2.82. The van der Waals surface area contributed by atoms with E-state index < -0.39 is 29.8 Å². The lowest BCUT2D eigenvalue weighted by molar-refractivity contribution is -0.124. The van der Waals surface area contributed by atoms with Gasteiger partial charge in [0.1, 0.15) is 5.78 Å². The van der Waals surface area contributed by atoms with Gasteiger partial charge in [-0.1, -0.05) is 0 Å². The minimum atomic E-state index is -1.61. The molecule has 0 aliphatic carbocycles. The summed E-state index contributed by atoms with van der Waals surface area (Å²) in [6, 6.07) is 1.27. The number of hydrogen-bond acceptors (Lipinski definition) is 2. The molecular formula is C10H8F3NO2. The van der Waals surface area contributed by atoms with Crippen LogP contribution in [0.5, 0.6) is 0 Å². The van der Waals surface area contributed by atoms with Crippen LogP contribution in [0.4, 0.5) is 18.9 Å². The highest BCUT2D eigenvalue weighted by atomic mass is 19.2. The maximum absolute atomic E-state index is 12.7. The van der Waals surface area contributed by atoms with E-state index >= 15 is 0 Å². The number of rotatable bonds is 3. The van der Waals surface area contributed by atoms with E-state index in [1.807, 2.05) is 0 Å². The Hall–Kier alpha value is -1.85. The van der Waals surface area contributed by atoms with E-state index in [0.717, 1.165) is 0 Å². The third kappa shape index (κ3) is 3.08. The van der Waals surface area contributed by atoms with Crippen molar-refractivity contribution in [2.24, 2.45) is 0 Å². The van der Waals surface area contributed by atoms with Crippen molar-refractivity contribution >= 4 is 17.4 Å². The zero-order valence-corrected chi connectivity index (χ0v) is 8.31. The molecule has 0 unspecified atom stereocenters. The molecule has 1 amide bonds. The number of ketones is 1. The normalized spacial score (nSPS) is 10.0. The van der Waals surface area contributed by atoms with Crippen LogP contribution in [0.25, 0.3) is 0 Å². The van der Waals surface area contributed by atoms with Crippen LogP contribution < -0.4 is 5.32 Å². The van der Waals surface area contributed by atoms with Crippen molar-refractivity contribution in [3.05, 3.63) is 29.6 Å². The van der Waals surface area contributed by atoms with Crippen LogP contribution in [0.2, 0.25) is 0 Å². The summed E-state index contributed by atoms with van der Waals surface area (Å²) in [5.41, 5.74) is -0.234. The molecule has 6 heteroatoms. The van der Waals surface area contributed by atoms with Gasteiger partial charge < -0.3 is 5.32 Å². The van der Waals surface area contributed by atoms with E-state index in [-0.39, 0.29) is 11.5 Å². The van der Waals surface area contributed by atoms with E-state index in [1.165, 1.54) is 6.92 Å². The molecular weight excluding hydrogens is 223 g/mol. The fraction of sp³-hybridized carbons (Fsp3) is 0.200. The molecule has 0 aromatic heterocycles. The van der Waals surface area contributed by atoms with Gasteiger partial charge in [0.2, 0.25) is 5.91 Å². The minimum Gasteiger partial charge on any atom is -0.325 e. The molecule has 0 fully saturated rings. The van der Waals surface area contributed by atoms with Gasteiger partial charge in [0.05, 0.1) is 6.42 Å². The second-order valence-corrected chi connectivity index (χ2v) is 3.18. The van der Waals surface area contributed by atoms with Crippen molar-refractivity contribution < 1.29 is 22.8 Å². The van der Waals surface area contributed by atoms with Crippen LogP contribution >= 0.6 is 0 Å². The smallest absolute Gasteiger partial charge is 0.231 e. The summed E-state index contributed by atoms with van der Waals surface area (Å²) in [5, 5.41) is 2.08. The zero-order chi connectivity index (χ0) is 12.3. The molecule has 0 heterocycles. The number of benzene rings is 1. The highest BCUT2D eigenvalue weighted by molar-refractivity contribution is 6.03. The molecule has 0 spiro atoms. The zero-order valence-electron chi connectivity index (χ0n) is 8.31. The van der Waals surface area contributed by atoms with Gasteiger partial charge in [-0.15, -0.1) is 0 Å². The number of Topliss-reactive ketones (excluding diaryl/α,β-unsaturated/α-hetero) is 1. The Morgan fingerprint density at radius 3 is 2.12 bits per heavy atom. The number of hydrogen-bond donors (Lipinski definition) is 1. The Morgan fingerprint density at radius 2 is 1.69 bits per heavy atom. The number of anilines is 1. The van der Waals surface area contributed by atoms with Gasteiger partial charge in [-0.3, -0.25) is 9.59 Å². The van der Waals surface area contributed by atoms with E-state index in [0.29, 0.717) is 12.1 Å². The minimum absolute atomic E-state index is 0.234.